The summed E-state index contributed by atoms with van der Waals surface area (Å²) < 4.78 is 16.8. The number of nitrogens with one attached hydrogen (secondary N) is 2. The molecule has 1 rings (SSSR count). The third-order valence-electron chi connectivity index (χ3n) is 2.94. The van der Waals surface area contributed by atoms with Crippen LogP contribution in [0, 0.1) is 0 Å². The molecule has 1 aliphatic rings. The molecule has 1 saturated heterocycles. The largest absolute Gasteiger partial charge is 0.378 e. The van der Waals surface area contributed by atoms with Gasteiger partial charge in [-0.3, -0.25) is 9.00 Å². The van der Waals surface area contributed by atoms with E-state index in [4.69, 9.17) is 4.74 Å². The quantitative estimate of drug-likeness (QED) is 0.656. The molecule has 106 valence electrons. The van der Waals surface area contributed by atoms with E-state index in [1.165, 1.54) is 0 Å². The van der Waals surface area contributed by atoms with Gasteiger partial charge in [-0.1, -0.05) is 6.92 Å². The number of amides is 1. The van der Waals surface area contributed by atoms with Gasteiger partial charge in [0.15, 0.2) is 0 Å². The molecule has 1 aliphatic heterocycles. The highest BCUT2D eigenvalue weighted by Crippen LogP contribution is 2.07. The summed E-state index contributed by atoms with van der Waals surface area (Å²) in [5.74, 6) is 1.17. The molecule has 0 spiro atoms. The second-order valence-corrected chi connectivity index (χ2v) is 6.22. The molecule has 0 bridgehead atoms. The molecule has 18 heavy (non-hydrogen) atoms. The Morgan fingerprint density at radius 2 is 2.17 bits per heavy atom. The Balaban J connectivity index is 1.97. The summed E-state index contributed by atoms with van der Waals surface area (Å²) in [5, 5.41) is 6.03. The van der Waals surface area contributed by atoms with Gasteiger partial charge in [0.1, 0.15) is 0 Å². The summed E-state index contributed by atoms with van der Waals surface area (Å²) in [4.78, 5) is 11.5. The van der Waals surface area contributed by atoms with Crippen LogP contribution >= 0.6 is 0 Å². The Morgan fingerprint density at radius 1 is 1.44 bits per heavy atom. The van der Waals surface area contributed by atoms with Gasteiger partial charge in [0, 0.05) is 35.3 Å². The van der Waals surface area contributed by atoms with Crippen LogP contribution in [0.4, 0.5) is 0 Å². The molecule has 1 amide bonds. The smallest absolute Gasteiger partial charge is 0.222 e. The van der Waals surface area contributed by atoms with E-state index in [0.29, 0.717) is 37.2 Å². The third kappa shape index (κ3) is 7.08. The van der Waals surface area contributed by atoms with Crippen molar-refractivity contribution in [3.63, 3.8) is 0 Å². The second-order valence-electron chi connectivity index (χ2n) is 4.35. The van der Waals surface area contributed by atoms with E-state index in [0.717, 1.165) is 25.9 Å². The van der Waals surface area contributed by atoms with Gasteiger partial charge in [-0.05, 0) is 25.9 Å². The molecular formula is C12H24N2O3S. The fraction of sp³-hybridized carbons (Fsp3) is 0.917. The number of hydrogen-bond acceptors (Lipinski definition) is 4. The van der Waals surface area contributed by atoms with E-state index in [1.807, 2.05) is 6.92 Å². The van der Waals surface area contributed by atoms with Gasteiger partial charge in [0.05, 0.1) is 12.7 Å². The van der Waals surface area contributed by atoms with Crippen LogP contribution in [0.15, 0.2) is 0 Å². The lowest BCUT2D eigenvalue weighted by Gasteiger charge is -2.22. The second kappa shape index (κ2) is 9.47. The lowest BCUT2D eigenvalue weighted by atomic mass is 10.1. The van der Waals surface area contributed by atoms with Crippen LogP contribution in [-0.4, -0.2) is 54.0 Å². The highest BCUT2D eigenvalue weighted by atomic mass is 32.2. The first kappa shape index (κ1) is 15.6. The van der Waals surface area contributed by atoms with Crippen molar-refractivity contribution in [3.8, 4) is 0 Å². The van der Waals surface area contributed by atoms with Crippen molar-refractivity contribution in [3.05, 3.63) is 0 Å². The Hall–Kier alpha value is -0.460. The summed E-state index contributed by atoms with van der Waals surface area (Å²) in [6, 6.07) is 0. The Labute approximate surface area is 111 Å². The van der Waals surface area contributed by atoms with Crippen LogP contribution in [0.1, 0.15) is 26.2 Å². The summed E-state index contributed by atoms with van der Waals surface area (Å²) in [6.45, 7) is 4.85. The van der Waals surface area contributed by atoms with Crippen LogP contribution in [0.5, 0.6) is 0 Å². The molecule has 2 N–H and O–H groups in total. The van der Waals surface area contributed by atoms with Crippen LogP contribution < -0.4 is 10.6 Å². The molecule has 0 aromatic rings. The lowest BCUT2D eigenvalue weighted by Crippen LogP contribution is -2.33. The minimum absolute atomic E-state index is 0.0166. The van der Waals surface area contributed by atoms with E-state index in [2.05, 4.69) is 10.6 Å². The van der Waals surface area contributed by atoms with E-state index in [9.17, 15) is 9.00 Å². The monoisotopic (exact) mass is 276 g/mol. The topological polar surface area (TPSA) is 67.4 Å². The molecule has 0 aromatic carbocycles. The zero-order chi connectivity index (χ0) is 13.2. The lowest BCUT2D eigenvalue weighted by molar-refractivity contribution is -0.122. The third-order valence-corrected chi connectivity index (χ3v) is 4.25. The normalized spacial score (nSPS) is 18.5. The Kier molecular flexibility index (Phi) is 8.20. The van der Waals surface area contributed by atoms with Crippen molar-refractivity contribution >= 4 is 16.7 Å². The minimum atomic E-state index is -0.806. The predicted octanol–water partition coefficient (Wildman–Crippen LogP) is 0.0299. The molecular weight excluding hydrogens is 252 g/mol. The average molecular weight is 276 g/mol. The maximum absolute atomic E-state index is 11.5. The molecule has 5 nitrogen and oxygen atoms in total. The fourth-order valence-electron chi connectivity index (χ4n) is 1.82. The van der Waals surface area contributed by atoms with Crippen LogP contribution in [0.2, 0.25) is 0 Å². The molecule has 1 heterocycles. The first-order valence-electron chi connectivity index (χ1n) is 6.66. The van der Waals surface area contributed by atoms with Crippen molar-refractivity contribution < 1.29 is 13.7 Å². The van der Waals surface area contributed by atoms with Gasteiger partial charge in [0.25, 0.3) is 0 Å². The number of carbonyl (C=O) groups is 1. The first-order valence-corrected chi connectivity index (χ1v) is 8.15. The molecule has 1 unspecified atom stereocenters. The molecule has 0 radical (unpaired) electrons. The zero-order valence-corrected chi connectivity index (χ0v) is 11.9. The molecule has 0 aliphatic carbocycles. The van der Waals surface area contributed by atoms with E-state index >= 15 is 0 Å². The maximum Gasteiger partial charge on any atom is 0.222 e. The van der Waals surface area contributed by atoms with Crippen molar-refractivity contribution in [2.75, 3.05) is 37.7 Å². The van der Waals surface area contributed by atoms with Crippen molar-refractivity contribution in [2.24, 2.45) is 0 Å². The summed E-state index contributed by atoms with van der Waals surface area (Å²) >= 11 is 0. The molecule has 6 heteroatoms. The van der Waals surface area contributed by atoms with Gasteiger partial charge >= 0.3 is 0 Å². The fourth-order valence-corrected chi connectivity index (χ4v) is 2.44. The molecule has 1 fully saturated rings. The molecule has 0 aromatic heterocycles. The van der Waals surface area contributed by atoms with Crippen molar-refractivity contribution in [1.29, 1.82) is 0 Å². The van der Waals surface area contributed by atoms with E-state index in [-0.39, 0.29) is 5.91 Å². The van der Waals surface area contributed by atoms with Gasteiger partial charge in [-0.25, -0.2) is 0 Å². The van der Waals surface area contributed by atoms with Gasteiger partial charge in [0.2, 0.25) is 5.91 Å². The zero-order valence-electron chi connectivity index (χ0n) is 11.1. The summed E-state index contributed by atoms with van der Waals surface area (Å²) in [7, 11) is -0.806. The average Bonchev–Trinajstić information content (AvgIpc) is 2.39. The van der Waals surface area contributed by atoms with Gasteiger partial charge in [-0.15, -0.1) is 0 Å². The number of ether oxygens (including phenoxy) is 1. The van der Waals surface area contributed by atoms with E-state index < -0.39 is 10.8 Å². The summed E-state index contributed by atoms with van der Waals surface area (Å²) in [5.41, 5.74) is 0. The van der Waals surface area contributed by atoms with Crippen molar-refractivity contribution in [2.45, 2.75) is 32.3 Å². The standard InChI is InChI=1S/C12H24N2O3S/c1-2-18(16)10-8-14-12(15)5-9-17-11-3-6-13-7-4-11/h11,13H,2-10H2,1H3,(H,14,15). The first-order chi connectivity index (χ1) is 8.72. The van der Waals surface area contributed by atoms with Crippen molar-refractivity contribution in [1.82, 2.24) is 10.6 Å². The van der Waals surface area contributed by atoms with Crippen LogP contribution in [0.3, 0.4) is 0 Å². The highest BCUT2D eigenvalue weighted by molar-refractivity contribution is 7.84. The molecule has 0 saturated carbocycles. The highest BCUT2D eigenvalue weighted by Gasteiger charge is 2.13. The Morgan fingerprint density at radius 3 is 2.83 bits per heavy atom. The van der Waals surface area contributed by atoms with Gasteiger partial charge < -0.3 is 15.4 Å². The molecule has 1 atom stereocenters. The number of hydrogen-bond donors (Lipinski definition) is 2. The number of rotatable bonds is 8. The van der Waals surface area contributed by atoms with Crippen LogP contribution in [-0.2, 0) is 20.3 Å². The van der Waals surface area contributed by atoms with Gasteiger partial charge in [-0.2, -0.15) is 0 Å². The van der Waals surface area contributed by atoms with E-state index in [1.54, 1.807) is 0 Å². The summed E-state index contributed by atoms with van der Waals surface area (Å²) in [6.07, 6.45) is 2.74. The van der Waals surface area contributed by atoms with Crippen LogP contribution in [0.25, 0.3) is 0 Å². The SMILES string of the molecule is CCS(=O)CCNC(=O)CCOC1CCNCC1. The predicted molar refractivity (Wildman–Crippen MR) is 73.0 cm³/mol. The maximum atomic E-state index is 11.5. The Bertz CT molecular complexity index is 268. The minimum Gasteiger partial charge on any atom is -0.378 e. The number of piperidine rings is 1. The number of carbonyl (C=O) groups excluding carboxylic acids is 1.